The van der Waals surface area contributed by atoms with Gasteiger partial charge in [-0.2, -0.15) is 0 Å². The summed E-state index contributed by atoms with van der Waals surface area (Å²) >= 11 is 0. The molecule has 5 nitrogen and oxygen atoms in total. The minimum atomic E-state index is 0.704. The zero-order chi connectivity index (χ0) is 13.4. The maximum absolute atomic E-state index is 5.52. The smallest absolute Gasteiger partial charge is 0.134 e. The van der Waals surface area contributed by atoms with Crippen molar-refractivity contribution in [2.24, 2.45) is 5.73 Å². The highest BCUT2D eigenvalue weighted by atomic mass is 15.2. The van der Waals surface area contributed by atoms with Gasteiger partial charge in [-0.25, -0.2) is 9.97 Å². The second kappa shape index (κ2) is 7.87. The maximum Gasteiger partial charge on any atom is 0.134 e. The number of anilines is 2. The fourth-order valence-electron chi connectivity index (χ4n) is 1.67. The van der Waals surface area contributed by atoms with Crippen LogP contribution in [0.15, 0.2) is 6.07 Å². The molecular weight excluding hydrogens is 226 g/mol. The Morgan fingerprint density at radius 1 is 1.33 bits per heavy atom. The Morgan fingerprint density at radius 2 is 2.11 bits per heavy atom. The monoisotopic (exact) mass is 251 g/mol. The molecule has 0 unspecified atom stereocenters. The third-order valence-electron chi connectivity index (χ3n) is 2.75. The minimum absolute atomic E-state index is 0.704. The molecule has 102 valence electrons. The first kappa shape index (κ1) is 14.7. The van der Waals surface area contributed by atoms with E-state index in [1.54, 1.807) is 0 Å². The first-order chi connectivity index (χ1) is 8.67. The van der Waals surface area contributed by atoms with Crippen LogP contribution >= 0.6 is 0 Å². The Hall–Kier alpha value is -1.36. The summed E-state index contributed by atoms with van der Waals surface area (Å²) in [4.78, 5) is 11.0. The SMILES string of the molecule is CCCCNc1cc(N(C)CCCN)nc(C)n1. The lowest BCUT2D eigenvalue weighted by Crippen LogP contribution is -2.22. The Kier molecular flexibility index (Phi) is 6.43. The van der Waals surface area contributed by atoms with Gasteiger partial charge in [0.15, 0.2) is 0 Å². The van der Waals surface area contributed by atoms with Crippen molar-refractivity contribution >= 4 is 11.6 Å². The summed E-state index contributed by atoms with van der Waals surface area (Å²) < 4.78 is 0. The van der Waals surface area contributed by atoms with Crippen molar-refractivity contribution in [1.29, 1.82) is 0 Å². The van der Waals surface area contributed by atoms with Crippen molar-refractivity contribution in [1.82, 2.24) is 9.97 Å². The minimum Gasteiger partial charge on any atom is -0.370 e. The number of nitrogens with one attached hydrogen (secondary N) is 1. The van der Waals surface area contributed by atoms with Crippen LogP contribution in [0.3, 0.4) is 0 Å². The van der Waals surface area contributed by atoms with Gasteiger partial charge in [-0.15, -0.1) is 0 Å². The lowest BCUT2D eigenvalue weighted by Gasteiger charge is -2.19. The Morgan fingerprint density at radius 3 is 2.78 bits per heavy atom. The van der Waals surface area contributed by atoms with E-state index in [-0.39, 0.29) is 0 Å². The van der Waals surface area contributed by atoms with Gasteiger partial charge in [0.2, 0.25) is 0 Å². The maximum atomic E-state index is 5.52. The largest absolute Gasteiger partial charge is 0.370 e. The molecule has 0 spiro atoms. The zero-order valence-electron chi connectivity index (χ0n) is 11.7. The summed E-state index contributed by atoms with van der Waals surface area (Å²) in [5.41, 5.74) is 5.52. The molecule has 0 fully saturated rings. The summed E-state index contributed by atoms with van der Waals surface area (Å²) in [5.74, 6) is 2.66. The fraction of sp³-hybridized carbons (Fsp3) is 0.692. The predicted octanol–water partition coefficient (Wildman–Crippen LogP) is 1.78. The Balaban J connectivity index is 2.67. The van der Waals surface area contributed by atoms with Crippen molar-refractivity contribution in [3.05, 3.63) is 11.9 Å². The number of nitrogens with two attached hydrogens (primary N) is 1. The summed E-state index contributed by atoms with van der Waals surface area (Å²) in [6.07, 6.45) is 3.31. The van der Waals surface area contributed by atoms with E-state index in [9.17, 15) is 0 Å². The Labute approximate surface area is 110 Å². The molecule has 18 heavy (non-hydrogen) atoms. The molecule has 1 aromatic rings. The van der Waals surface area contributed by atoms with Gasteiger partial charge in [0.1, 0.15) is 17.5 Å². The van der Waals surface area contributed by atoms with Crippen LogP contribution in [0.5, 0.6) is 0 Å². The predicted molar refractivity (Wildman–Crippen MR) is 77.1 cm³/mol. The molecule has 3 N–H and O–H groups in total. The van der Waals surface area contributed by atoms with Crippen LogP contribution in [-0.4, -0.2) is 36.6 Å². The first-order valence-electron chi connectivity index (χ1n) is 6.68. The van der Waals surface area contributed by atoms with Crippen molar-refractivity contribution < 1.29 is 0 Å². The molecule has 1 rings (SSSR count). The van der Waals surface area contributed by atoms with Crippen molar-refractivity contribution in [3.8, 4) is 0 Å². The molecule has 0 bridgehead atoms. The van der Waals surface area contributed by atoms with Gasteiger partial charge < -0.3 is 16.0 Å². The van der Waals surface area contributed by atoms with Crippen LogP contribution in [-0.2, 0) is 0 Å². The van der Waals surface area contributed by atoms with Crippen molar-refractivity contribution in [2.75, 3.05) is 36.9 Å². The topological polar surface area (TPSA) is 67.1 Å². The molecular formula is C13H25N5. The van der Waals surface area contributed by atoms with Gasteiger partial charge in [-0.3, -0.25) is 0 Å². The van der Waals surface area contributed by atoms with Crippen LogP contribution in [0.4, 0.5) is 11.6 Å². The first-order valence-corrected chi connectivity index (χ1v) is 6.68. The van der Waals surface area contributed by atoms with Crippen molar-refractivity contribution in [2.45, 2.75) is 33.1 Å². The van der Waals surface area contributed by atoms with E-state index < -0.39 is 0 Å². The lowest BCUT2D eigenvalue weighted by molar-refractivity contribution is 0.781. The second-order valence-electron chi connectivity index (χ2n) is 4.50. The lowest BCUT2D eigenvalue weighted by atomic mass is 10.3. The normalized spacial score (nSPS) is 10.4. The molecule has 0 aliphatic carbocycles. The van der Waals surface area contributed by atoms with Crippen molar-refractivity contribution in [3.63, 3.8) is 0 Å². The number of unbranched alkanes of at least 4 members (excludes halogenated alkanes) is 1. The second-order valence-corrected chi connectivity index (χ2v) is 4.50. The molecule has 0 aromatic carbocycles. The molecule has 1 aromatic heterocycles. The van der Waals surface area contributed by atoms with E-state index in [2.05, 4.69) is 27.1 Å². The van der Waals surface area contributed by atoms with Crippen LogP contribution < -0.4 is 16.0 Å². The molecule has 5 heteroatoms. The van der Waals surface area contributed by atoms with Gasteiger partial charge in [0, 0.05) is 26.2 Å². The van der Waals surface area contributed by atoms with Crippen LogP contribution in [0, 0.1) is 6.92 Å². The van der Waals surface area contributed by atoms with E-state index in [1.165, 1.54) is 6.42 Å². The van der Waals surface area contributed by atoms with E-state index in [1.807, 2.05) is 20.0 Å². The molecule has 0 atom stereocenters. The number of aromatic nitrogens is 2. The number of rotatable bonds is 8. The molecule has 0 saturated carbocycles. The molecule has 1 heterocycles. The fourth-order valence-corrected chi connectivity index (χ4v) is 1.67. The summed E-state index contributed by atoms with van der Waals surface area (Å²) in [6.45, 7) is 6.68. The van der Waals surface area contributed by atoms with Gasteiger partial charge in [-0.1, -0.05) is 13.3 Å². The van der Waals surface area contributed by atoms with Crippen LogP contribution in [0.25, 0.3) is 0 Å². The van der Waals surface area contributed by atoms with E-state index in [4.69, 9.17) is 5.73 Å². The van der Waals surface area contributed by atoms with Gasteiger partial charge in [0.25, 0.3) is 0 Å². The molecule has 0 radical (unpaired) electrons. The average Bonchev–Trinajstić information content (AvgIpc) is 2.35. The average molecular weight is 251 g/mol. The number of hydrogen-bond acceptors (Lipinski definition) is 5. The highest BCUT2D eigenvalue weighted by molar-refractivity contribution is 5.48. The highest BCUT2D eigenvalue weighted by Gasteiger charge is 2.05. The third-order valence-corrected chi connectivity index (χ3v) is 2.75. The quantitative estimate of drug-likeness (QED) is 0.689. The van der Waals surface area contributed by atoms with Gasteiger partial charge in [0.05, 0.1) is 0 Å². The number of aryl methyl sites for hydroxylation is 1. The number of nitrogens with zero attached hydrogens (tertiary/aromatic N) is 3. The molecule has 0 aliphatic heterocycles. The van der Waals surface area contributed by atoms with E-state index in [0.29, 0.717) is 6.54 Å². The van der Waals surface area contributed by atoms with E-state index >= 15 is 0 Å². The van der Waals surface area contributed by atoms with Crippen LogP contribution in [0.1, 0.15) is 32.0 Å². The highest BCUT2D eigenvalue weighted by Crippen LogP contribution is 2.14. The number of hydrogen-bond donors (Lipinski definition) is 2. The summed E-state index contributed by atoms with van der Waals surface area (Å²) in [7, 11) is 2.03. The Bertz CT molecular complexity index is 353. The van der Waals surface area contributed by atoms with Crippen LogP contribution in [0.2, 0.25) is 0 Å². The molecule has 0 amide bonds. The summed E-state index contributed by atoms with van der Waals surface area (Å²) in [5, 5.41) is 3.34. The van der Waals surface area contributed by atoms with Gasteiger partial charge >= 0.3 is 0 Å². The summed E-state index contributed by atoms with van der Waals surface area (Å²) in [6, 6.07) is 2.00. The zero-order valence-corrected chi connectivity index (χ0v) is 11.7. The van der Waals surface area contributed by atoms with Gasteiger partial charge in [-0.05, 0) is 26.3 Å². The standard InChI is InChI=1S/C13H25N5/c1-4-5-8-15-12-10-13(17-11(2)16-12)18(3)9-6-7-14/h10H,4-9,14H2,1-3H3,(H,15,16,17). The van der Waals surface area contributed by atoms with E-state index in [0.717, 1.165) is 43.4 Å². The molecule has 0 saturated heterocycles. The third kappa shape index (κ3) is 4.87. The molecule has 0 aliphatic rings.